The Morgan fingerprint density at radius 1 is 1.21 bits per heavy atom. The largest absolute Gasteiger partial charge is 0.478 e. The molecule has 3 N–H and O–H groups in total. The number of fused-ring (bicyclic) bond motifs is 1. The van der Waals surface area contributed by atoms with Gasteiger partial charge in [0.2, 0.25) is 5.95 Å². The van der Waals surface area contributed by atoms with E-state index in [1.807, 2.05) is 0 Å². The van der Waals surface area contributed by atoms with Gasteiger partial charge < -0.3 is 20.4 Å². The van der Waals surface area contributed by atoms with Crippen LogP contribution in [-0.4, -0.2) is 59.9 Å². The number of piperidine rings is 1. The van der Waals surface area contributed by atoms with Crippen LogP contribution in [0.2, 0.25) is 5.02 Å². The number of alkyl halides is 2. The number of aromatic nitrogens is 4. The molecule has 0 unspecified atom stereocenters. The molecule has 3 heterocycles. The summed E-state index contributed by atoms with van der Waals surface area (Å²) in [4.78, 5) is 35.5. The molecule has 42 heavy (non-hydrogen) atoms. The second-order valence-corrected chi connectivity index (χ2v) is 12.0. The smallest absolute Gasteiger partial charge is 0.331 e. The van der Waals surface area contributed by atoms with Crippen LogP contribution in [0, 0.1) is 11.8 Å². The Bertz CT molecular complexity index is 1550. The Balaban J connectivity index is 1.70. The molecule has 1 aliphatic rings. The quantitative estimate of drug-likeness (QED) is 0.266. The molecule has 0 aliphatic carbocycles. The summed E-state index contributed by atoms with van der Waals surface area (Å²) in [6.07, 6.45) is 3.56. The number of aliphatic carboxylic acids is 1. The molecule has 2 atom stereocenters. The minimum absolute atomic E-state index is 0.0694. The maximum Gasteiger partial charge on any atom is 0.331 e. The number of carboxylic acids is 1. The summed E-state index contributed by atoms with van der Waals surface area (Å²) in [6, 6.07) is 5.23. The highest BCUT2D eigenvalue weighted by Gasteiger charge is 2.47. The van der Waals surface area contributed by atoms with E-state index in [0.29, 0.717) is 29.6 Å². The maximum absolute atomic E-state index is 14.4. The molecule has 0 bridgehead atoms. The van der Waals surface area contributed by atoms with E-state index in [9.17, 15) is 28.6 Å². The monoisotopic (exact) mass is 606 g/mol. The molecule has 1 saturated heterocycles. The van der Waals surface area contributed by atoms with Gasteiger partial charge in [-0.25, -0.2) is 23.4 Å². The molecule has 228 valence electrons. The minimum atomic E-state index is -2.78. The number of nitrogens with zero attached hydrogens (tertiary/aromatic N) is 5. The molecular formula is C29H37ClF2N6O4. The number of aliphatic hydroxyl groups is 1. The standard InChI is InChI=1S/C29H37ClF2N6O4/c1-6-19(25(39)40)9-11-37-22-8-7-20(13-23(22)38(27(37)41)12-10-28(4,5)42)34-24-21(30)14-33-26(35-24)36-15-17(2)29(31,32)18(3)16-36/h7-9,13-14,17-18,42H,6,10-12,15-16H2,1-5H3,(H,39,40)(H,33,34,35)/b19-9+/t17-,18+. The van der Waals surface area contributed by atoms with Gasteiger partial charge in [0.1, 0.15) is 5.02 Å². The van der Waals surface area contributed by atoms with Crippen molar-refractivity contribution in [3.05, 3.63) is 51.6 Å². The molecule has 0 radical (unpaired) electrons. The van der Waals surface area contributed by atoms with E-state index in [2.05, 4.69) is 15.3 Å². The summed E-state index contributed by atoms with van der Waals surface area (Å²) in [6.45, 7) is 8.57. The first-order valence-corrected chi connectivity index (χ1v) is 14.3. The number of hydrogen-bond donors (Lipinski definition) is 3. The molecule has 3 aromatic rings. The van der Waals surface area contributed by atoms with Gasteiger partial charge in [0.05, 0.1) is 22.8 Å². The molecule has 0 saturated carbocycles. The third-order valence-corrected chi connectivity index (χ3v) is 8.00. The second-order valence-electron chi connectivity index (χ2n) is 11.6. The van der Waals surface area contributed by atoms with Gasteiger partial charge in [-0.2, -0.15) is 4.98 Å². The topological polar surface area (TPSA) is 126 Å². The van der Waals surface area contributed by atoms with Gasteiger partial charge in [0.15, 0.2) is 5.82 Å². The van der Waals surface area contributed by atoms with E-state index in [4.69, 9.17) is 11.6 Å². The van der Waals surface area contributed by atoms with E-state index in [-0.39, 0.29) is 54.2 Å². The molecular weight excluding hydrogens is 570 g/mol. The Morgan fingerprint density at radius 3 is 2.48 bits per heavy atom. The summed E-state index contributed by atoms with van der Waals surface area (Å²) in [5, 5.41) is 23.1. The molecule has 1 aliphatic heterocycles. The van der Waals surface area contributed by atoms with E-state index in [0.717, 1.165) is 0 Å². The van der Waals surface area contributed by atoms with Crippen LogP contribution in [0.15, 0.2) is 40.8 Å². The van der Waals surface area contributed by atoms with Crippen molar-refractivity contribution < 1.29 is 23.8 Å². The van der Waals surface area contributed by atoms with Crippen LogP contribution in [-0.2, 0) is 17.9 Å². The van der Waals surface area contributed by atoms with E-state index in [1.165, 1.54) is 30.7 Å². The summed E-state index contributed by atoms with van der Waals surface area (Å²) in [5.41, 5.74) is 0.572. The van der Waals surface area contributed by atoms with Crippen molar-refractivity contribution in [2.24, 2.45) is 11.8 Å². The number of imidazole rings is 1. The fourth-order valence-electron chi connectivity index (χ4n) is 5.12. The number of carbonyl (C=O) groups is 1. The predicted octanol–water partition coefficient (Wildman–Crippen LogP) is 5.30. The molecule has 4 rings (SSSR count). The van der Waals surface area contributed by atoms with Gasteiger partial charge in [0.25, 0.3) is 5.92 Å². The second kappa shape index (κ2) is 12.0. The Hall–Kier alpha value is -3.51. The van der Waals surface area contributed by atoms with Crippen molar-refractivity contribution in [2.75, 3.05) is 23.3 Å². The van der Waals surface area contributed by atoms with Crippen molar-refractivity contribution in [3.63, 3.8) is 0 Å². The number of anilines is 3. The van der Waals surface area contributed by atoms with Crippen LogP contribution in [0.4, 0.5) is 26.2 Å². The zero-order chi connectivity index (χ0) is 31.0. The molecule has 13 heteroatoms. The van der Waals surface area contributed by atoms with Crippen LogP contribution in [0.5, 0.6) is 0 Å². The highest BCUT2D eigenvalue weighted by molar-refractivity contribution is 6.32. The first-order valence-electron chi connectivity index (χ1n) is 13.9. The zero-order valence-electron chi connectivity index (χ0n) is 24.4. The molecule has 2 aromatic heterocycles. The lowest BCUT2D eigenvalue weighted by atomic mass is 9.87. The Morgan fingerprint density at radius 2 is 1.88 bits per heavy atom. The van der Waals surface area contributed by atoms with Gasteiger partial charge in [-0.15, -0.1) is 0 Å². The van der Waals surface area contributed by atoms with Gasteiger partial charge in [-0.3, -0.25) is 9.13 Å². The minimum Gasteiger partial charge on any atom is -0.478 e. The highest BCUT2D eigenvalue weighted by Crippen LogP contribution is 2.39. The number of rotatable bonds is 10. The molecule has 0 spiro atoms. The van der Waals surface area contributed by atoms with Crippen LogP contribution < -0.4 is 15.9 Å². The van der Waals surface area contributed by atoms with Crippen molar-refractivity contribution in [1.82, 2.24) is 19.1 Å². The Labute approximate surface area is 247 Å². The molecule has 10 nitrogen and oxygen atoms in total. The van der Waals surface area contributed by atoms with Gasteiger partial charge in [-0.1, -0.05) is 38.4 Å². The Kier molecular flexibility index (Phi) is 8.98. The van der Waals surface area contributed by atoms with E-state index < -0.39 is 29.3 Å². The average molecular weight is 607 g/mol. The maximum atomic E-state index is 14.4. The van der Waals surface area contributed by atoms with Crippen molar-refractivity contribution in [1.29, 1.82) is 0 Å². The summed E-state index contributed by atoms with van der Waals surface area (Å²) in [5.74, 6) is -5.00. The normalized spacial score (nSPS) is 19.4. The van der Waals surface area contributed by atoms with E-state index in [1.54, 1.807) is 48.4 Å². The average Bonchev–Trinajstić information content (AvgIpc) is 3.16. The van der Waals surface area contributed by atoms with Crippen LogP contribution >= 0.6 is 11.6 Å². The van der Waals surface area contributed by atoms with Crippen LogP contribution in [0.25, 0.3) is 11.0 Å². The first kappa shape index (κ1) is 31.4. The van der Waals surface area contributed by atoms with E-state index >= 15 is 0 Å². The number of halogens is 3. The van der Waals surface area contributed by atoms with Gasteiger partial charge in [0, 0.05) is 49.3 Å². The molecule has 1 aromatic carbocycles. The van der Waals surface area contributed by atoms with Gasteiger partial charge in [-0.05, 0) is 44.9 Å². The SMILES string of the molecule is CC/C(=C\Cn1c(=O)n(CCC(C)(C)O)c2cc(Nc3nc(N4C[C@@H](C)C(F)(F)[C@@H](C)C4)ncc3Cl)ccc21)C(=O)O. The lowest BCUT2D eigenvalue weighted by Gasteiger charge is -2.41. The number of allylic oxidation sites excluding steroid dienone is 1. The molecule has 1 fully saturated rings. The third-order valence-electron chi connectivity index (χ3n) is 7.72. The van der Waals surface area contributed by atoms with Crippen LogP contribution in [0.1, 0.15) is 47.5 Å². The predicted molar refractivity (Wildman–Crippen MR) is 159 cm³/mol. The number of carboxylic acid groups (broad SMARTS) is 1. The zero-order valence-corrected chi connectivity index (χ0v) is 25.1. The number of aryl methyl sites for hydroxylation is 1. The fraction of sp³-hybridized carbons (Fsp3) is 0.517. The molecule has 0 amide bonds. The van der Waals surface area contributed by atoms with Gasteiger partial charge >= 0.3 is 11.7 Å². The van der Waals surface area contributed by atoms with Crippen molar-refractivity contribution in [3.8, 4) is 0 Å². The number of nitrogens with one attached hydrogen (secondary N) is 1. The highest BCUT2D eigenvalue weighted by atomic mass is 35.5. The number of benzene rings is 1. The summed E-state index contributed by atoms with van der Waals surface area (Å²) in [7, 11) is 0. The summed E-state index contributed by atoms with van der Waals surface area (Å²) >= 11 is 6.41. The van der Waals surface area contributed by atoms with Crippen LogP contribution in [0.3, 0.4) is 0 Å². The third kappa shape index (κ3) is 6.59. The van der Waals surface area contributed by atoms with Crippen molar-refractivity contribution >= 4 is 46.1 Å². The lowest BCUT2D eigenvalue weighted by Crippen LogP contribution is -2.52. The number of hydrogen-bond acceptors (Lipinski definition) is 7. The summed E-state index contributed by atoms with van der Waals surface area (Å²) < 4.78 is 31.8. The fourth-order valence-corrected chi connectivity index (χ4v) is 5.26. The van der Waals surface area contributed by atoms with Crippen molar-refractivity contribution in [2.45, 2.75) is 72.1 Å². The lowest BCUT2D eigenvalue weighted by molar-refractivity contribution is -0.132. The first-order chi connectivity index (χ1) is 19.6.